The molecule has 0 radical (unpaired) electrons. The van der Waals surface area contributed by atoms with Gasteiger partial charge in [-0.05, 0) is 103 Å². The summed E-state index contributed by atoms with van der Waals surface area (Å²) >= 11 is 0. The summed E-state index contributed by atoms with van der Waals surface area (Å²) in [5.41, 5.74) is 10.2. The number of ether oxygens (including phenoxy) is 1. The highest BCUT2D eigenvalue weighted by Crippen LogP contribution is 2.67. The number of benzene rings is 1. The number of halogens is 1. The van der Waals surface area contributed by atoms with Crippen molar-refractivity contribution in [1.82, 2.24) is 0 Å². The molecule has 0 saturated heterocycles. The Hall–Kier alpha value is -1.32. The van der Waals surface area contributed by atoms with Gasteiger partial charge in [-0.1, -0.05) is 89.8 Å². The molecule has 0 unspecified atom stereocenters. The molecule has 1 aromatic rings. The van der Waals surface area contributed by atoms with Crippen molar-refractivity contribution < 1.29 is 4.74 Å². The molecule has 3 saturated carbocycles. The van der Waals surface area contributed by atoms with Crippen molar-refractivity contribution in [2.24, 2.45) is 52.1 Å². The zero-order chi connectivity index (χ0) is 27.1. The molecule has 39 heavy (non-hydrogen) atoms. The van der Waals surface area contributed by atoms with E-state index < -0.39 is 0 Å². The van der Waals surface area contributed by atoms with E-state index in [-0.39, 0.29) is 18.2 Å². The molecule has 218 valence electrons. The van der Waals surface area contributed by atoms with Crippen LogP contribution in [-0.4, -0.2) is 11.9 Å². The predicted octanol–water partition coefficient (Wildman–Crippen LogP) is 9.32. The summed E-state index contributed by atoms with van der Waals surface area (Å²) < 4.78 is 6.45. The minimum absolute atomic E-state index is 0. The van der Waals surface area contributed by atoms with Gasteiger partial charge in [0.1, 0.15) is 5.84 Å². The van der Waals surface area contributed by atoms with Crippen LogP contribution in [0.25, 0.3) is 0 Å². The summed E-state index contributed by atoms with van der Waals surface area (Å²) in [6, 6.07) is 7.96. The molecular weight excluding hydrogens is 500 g/mol. The average molecular weight is 555 g/mol. The number of fused-ring (bicyclic) bond motifs is 5. The summed E-state index contributed by atoms with van der Waals surface area (Å²) in [7, 11) is 0. The van der Waals surface area contributed by atoms with E-state index >= 15 is 0 Å². The summed E-state index contributed by atoms with van der Waals surface area (Å²) in [4.78, 5) is 0. The fourth-order valence-electron chi connectivity index (χ4n) is 9.79. The lowest BCUT2D eigenvalue weighted by molar-refractivity contribution is -0.0656. The monoisotopic (exact) mass is 554 g/mol. The molecule has 8 atom stereocenters. The van der Waals surface area contributed by atoms with Crippen molar-refractivity contribution in [2.75, 3.05) is 0 Å². The Morgan fingerprint density at radius 1 is 1.00 bits per heavy atom. The number of hydrogen-bond donors (Lipinski definition) is 2. The smallest absolute Gasteiger partial charge is 0.122 e. The van der Waals surface area contributed by atoms with Gasteiger partial charge in [-0.25, -0.2) is 0 Å². The standard InChI is InChI=1S/C35H54N2O.ClH/c1-23(2)7-6-8-24(3)30-15-16-31-29-14-13-27-21-28(38-22-25-9-11-26(12-10-25)33(36)37)17-19-34(27,4)32(29)18-20-35(30,31)5;/h9-13,23-24,28-32H,6-8,14-22H2,1-5H3,(H3,36,37);1H/t24-,28+,29+,30-,31+,32+,34+,35-;/m1./s1. The molecule has 4 aliphatic carbocycles. The highest BCUT2D eigenvalue weighted by molar-refractivity contribution is 5.94. The van der Waals surface area contributed by atoms with Crippen molar-refractivity contribution >= 4 is 18.2 Å². The van der Waals surface area contributed by atoms with Crippen LogP contribution in [0.4, 0.5) is 0 Å². The van der Waals surface area contributed by atoms with Gasteiger partial charge >= 0.3 is 0 Å². The summed E-state index contributed by atoms with van der Waals surface area (Å²) in [5.74, 6) is 5.49. The zero-order valence-electron chi connectivity index (χ0n) is 25.3. The lowest BCUT2D eigenvalue weighted by Gasteiger charge is -2.58. The number of nitrogens with two attached hydrogens (primary N) is 1. The van der Waals surface area contributed by atoms with Gasteiger partial charge in [0.25, 0.3) is 0 Å². The highest BCUT2D eigenvalue weighted by atomic mass is 35.5. The molecule has 4 heteroatoms. The second-order valence-corrected chi connectivity index (χ2v) is 14.6. The minimum Gasteiger partial charge on any atom is -0.384 e. The first-order chi connectivity index (χ1) is 18.1. The van der Waals surface area contributed by atoms with E-state index in [2.05, 4.69) is 40.7 Å². The van der Waals surface area contributed by atoms with Gasteiger partial charge in [-0.15, -0.1) is 12.4 Å². The molecule has 0 bridgehead atoms. The van der Waals surface area contributed by atoms with Crippen molar-refractivity contribution in [3.63, 3.8) is 0 Å². The first kappa shape index (κ1) is 30.6. The molecule has 0 spiro atoms. The minimum atomic E-state index is 0. The van der Waals surface area contributed by atoms with E-state index in [0.717, 1.165) is 47.5 Å². The normalized spacial score (nSPS) is 36.3. The Bertz CT molecular complexity index is 1020. The van der Waals surface area contributed by atoms with Gasteiger partial charge in [0.2, 0.25) is 0 Å². The van der Waals surface area contributed by atoms with E-state index in [1.807, 2.05) is 24.3 Å². The second kappa shape index (κ2) is 12.3. The van der Waals surface area contributed by atoms with Crippen molar-refractivity contribution in [3.8, 4) is 0 Å². The second-order valence-electron chi connectivity index (χ2n) is 14.6. The van der Waals surface area contributed by atoms with Crippen LogP contribution < -0.4 is 5.73 Å². The van der Waals surface area contributed by atoms with Gasteiger partial charge in [-0.3, -0.25) is 5.41 Å². The topological polar surface area (TPSA) is 59.1 Å². The van der Waals surface area contributed by atoms with E-state index in [0.29, 0.717) is 23.5 Å². The first-order valence-electron chi connectivity index (χ1n) is 15.9. The summed E-state index contributed by atoms with van der Waals surface area (Å²) in [5, 5.41) is 7.59. The Labute approximate surface area is 245 Å². The lowest BCUT2D eigenvalue weighted by atomic mass is 9.47. The lowest BCUT2D eigenvalue weighted by Crippen LogP contribution is -2.51. The van der Waals surface area contributed by atoms with Gasteiger partial charge in [0, 0.05) is 5.56 Å². The Kier molecular flexibility index (Phi) is 9.64. The molecule has 0 aromatic heterocycles. The van der Waals surface area contributed by atoms with Crippen LogP contribution >= 0.6 is 12.4 Å². The van der Waals surface area contributed by atoms with Crippen LogP contribution in [0.5, 0.6) is 0 Å². The van der Waals surface area contributed by atoms with Crippen LogP contribution in [0.3, 0.4) is 0 Å². The number of hydrogen-bond acceptors (Lipinski definition) is 2. The maximum atomic E-state index is 7.59. The number of allylic oxidation sites excluding steroid dienone is 1. The molecule has 3 fully saturated rings. The third-order valence-electron chi connectivity index (χ3n) is 12.0. The van der Waals surface area contributed by atoms with Crippen LogP contribution in [-0.2, 0) is 11.3 Å². The fraction of sp³-hybridized carbons (Fsp3) is 0.743. The quantitative estimate of drug-likeness (QED) is 0.181. The van der Waals surface area contributed by atoms with Gasteiger partial charge in [0.15, 0.2) is 0 Å². The van der Waals surface area contributed by atoms with Gasteiger partial charge in [-0.2, -0.15) is 0 Å². The molecular formula is C35H55ClN2O. The third kappa shape index (κ3) is 6.01. The summed E-state index contributed by atoms with van der Waals surface area (Å²) in [6.07, 6.45) is 18.0. The van der Waals surface area contributed by atoms with E-state index in [1.165, 1.54) is 69.8 Å². The largest absolute Gasteiger partial charge is 0.384 e. The molecule has 1 aromatic carbocycles. The van der Waals surface area contributed by atoms with E-state index in [1.54, 1.807) is 5.57 Å². The molecule has 3 nitrogen and oxygen atoms in total. The van der Waals surface area contributed by atoms with Crippen molar-refractivity contribution in [3.05, 3.63) is 47.0 Å². The van der Waals surface area contributed by atoms with Crippen LogP contribution in [0.2, 0.25) is 0 Å². The molecule has 0 heterocycles. The van der Waals surface area contributed by atoms with Gasteiger partial charge in [0.05, 0.1) is 12.7 Å². The number of nitrogens with one attached hydrogen (secondary N) is 1. The van der Waals surface area contributed by atoms with Gasteiger partial charge < -0.3 is 10.5 Å². The fourth-order valence-corrected chi connectivity index (χ4v) is 9.79. The Morgan fingerprint density at radius 3 is 2.44 bits per heavy atom. The first-order valence-corrected chi connectivity index (χ1v) is 15.9. The van der Waals surface area contributed by atoms with Crippen LogP contribution in [0, 0.1) is 51.7 Å². The summed E-state index contributed by atoms with van der Waals surface area (Å²) in [6.45, 7) is 13.3. The molecule has 3 N–H and O–H groups in total. The third-order valence-corrected chi connectivity index (χ3v) is 12.0. The SMILES string of the molecule is CC(C)CCC[C@@H](C)[C@H]1CC[C@H]2[C@@H]3CC=C4C[C@@H](OCc5ccc(C(=N)N)cc5)CC[C@]4(C)[C@H]3CC[C@]12C.Cl. The highest BCUT2D eigenvalue weighted by Gasteiger charge is 2.59. The zero-order valence-corrected chi connectivity index (χ0v) is 26.1. The van der Waals surface area contributed by atoms with Crippen LogP contribution in [0.15, 0.2) is 35.9 Å². The Morgan fingerprint density at radius 2 is 1.74 bits per heavy atom. The van der Waals surface area contributed by atoms with E-state index in [9.17, 15) is 0 Å². The molecule has 4 aliphatic rings. The molecule has 0 amide bonds. The Balaban J connectivity index is 0.00000353. The molecule has 5 rings (SSSR count). The van der Waals surface area contributed by atoms with E-state index in [4.69, 9.17) is 15.9 Å². The van der Waals surface area contributed by atoms with Crippen molar-refractivity contribution in [1.29, 1.82) is 5.41 Å². The number of rotatable bonds is 9. The number of nitrogen functional groups attached to an aromatic ring is 1. The molecule has 0 aliphatic heterocycles. The number of amidine groups is 1. The average Bonchev–Trinajstić information content (AvgIpc) is 3.24. The van der Waals surface area contributed by atoms with Crippen LogP contribution in [0.1, 0.15) is 116 Å². The predicted molar refractivity (Wildman–Crippen MR) is 166 cm³/mol. The maximum absolute atomic E-state index is 7.59. The van der Waals surface area contributed by atoms with Crippen molar-refractivity contribution in [2.45, 2.75) is 118 Å². The maximum Gasteiger partial charge on any atom is 0.122 e.